The van der Waals surface area contributed by atoms with Crippen LogP contribution in [-0.2, 0) is 25.4 Å². The topological polar surface area (TPSA) is 77.4 Å². The van der Waals surface area contributed by atoms with Crippen molar-refractivity contribution in [3.05, 3.63) is 23.8 Å². The number of benzene rings is 1. The van der Waals surface area contributed by atoms with E-state index in [0.29, 0.717) is 59.3 Å². The Morgan fingerprint density at radius 2 is 1.16 bits per heavy atom. The van der Waals surface area contributed by atoms with Crippen molar-refractivity contribution in [1.82, 2.24) is 0 Å². The normalized spacial score (nSPS) is 19.3. The molecule has 2 rings (SSSR count). The average Bonchev–Trinajstić information content (AvgIpc) is 2.86. The highest BCUT2D eigenvalue weighted by atomic mass is 16.5. The molecule has 0 bridgehead atoms. The maximum atomic E-state index is 10.5. The van der Waals surface area contributed by atoms with Crippen molar-refractivity contribution < 1.29 is 29.2 Å². The second kappa shape index (κ2) is 18.0. The summed E-state index contributed by atoms with van der Waals surface area (Å²) in [5.74, 6) is 0.363. The van der Waals surface area contributed by atoms with Crippen LogP contribution in [0.3, 0.4) is 0 Å². The van der Waals surface area contributed by atoms with Crippen molar-refractivity contribution in [3.63, 3.8) is 0 Å². The summed E-state index contributed by atoms with van der Waals surface area (Å²) >= 11 is 0. The van der Waals surface area contributed by atoms with Crippen LogP contribution in [0.2, 0.25) is 0 Å². The minimum atomic E-state index is -0.297. The molecule has 1 aliphatic rings. The molecule has 0 saturated carbocycles. The van der Waals surface area contributed by atoms with Gasteiger partial charge in [-0.1, -0.05) is 85.0 Å². The smallest absolute Gasteiger partial charge is 0.119 e. The van der Waals surface area contributed by atoms with E-state index in [1.54, 1.807) is 12.1 Å². The number of phenolic OH excluding ortho intramolecular Hbond substituents is 2. The van der Waals surface area contributed by atoms with Crippen LogP contribution in [0.1, 0.15) is 97.0 Å². The molecule has 0 amide bonds. The van der Waals surface area contributed by atoms with Crippen LogP contribution >= 0.6 is 0 Å². The fourth-order valence-corrected chi connectivity index (χ4v) is 5.03. The zero-order chi connectivity index (χ0) is 26.8. The van der Waals surface area contributed by atoms with Gasteiger partial charge in [0, 0.05) is 10.8 Å². The van der Waals surface area contributed by atoms with Gasteiger partial charge in [0.15, 0.2) is 0 Å². The maximum absolute atomic E-state index is 10.5. The molecule has 214 valence electrons. The number of hydrogen-bond acceptors (Lipinski definition) is 6. The van der Waals surface area contributed by atoms with Gasteiger partial charge in [0.2, 0.25) is 0 Å². The van der Waals surface area contributed by atoms with Crippen LogP contribution in [-0.4, -0.2) is 63.1 Å². The summed E-state index contributed by atoms with van der Waals surface area (Å²) in [4.78, 5) is 0. The Kier molecular flexibility index (Phi) is 15.5. The number of hydrogen-bond donors (Lipinski definition) is 2. The lowest BCUT2D eigenvalue weighted by Gasteiger charge is -2.34. The summed E-state index contributed by atoms with van der Waals surface area (Å²) < 4.78 is 24.1. The van der Waals surface area contributed by atoms with E-state index in [2.05, 4.69) is 20.8 Å². The lowest BCUT2D eigenvalue weighted by atomic mass is 9.78. The van der Waals surface area contributed by atoms with E-state index in [1.165, 1.54) is 63.9 Å². The summed E-state index contributed by atoms with van der Waals surface area (Å²) in [6.45, 7) is 10.9. The molecule has 0 aromatic heterocycles. The Morgan fingerprint density at radius 1 is 0.676 bits per heavy atom. The molecule has 0 spiro atoms. The van der Waals surface area contributed by atoms with E-state index in [9.17, 15) is 10.2 Å². The summed E-state index contributed by atoms with van der Waals surface area (Å²) in [6.07, 6.45) is 14.4. The molecule has 1 heterocycles. The number of rotatable bonds is 13. The minimum absolute atomic E-state index is 0.0454. The Bertz CT molecular complexity index is 702. The molecule has 1 aromatic carbocycles. The van der Waals surface area contributed by atoms with Gasteiger partial charge in [0.25, 0.3) is 0 Å². The third-order valence-electron chi connectivity index (χ3n) is 7.24. The van der Waals surface area contributed by atoms with Crippen LogP contribution in [0.5, 0.6) is 11.5 Å². The van der Waals surface area contributed by atoms with E-state index in [-0.39, 0.29) is 22.3 Å². The van der Waals surface area contributed by atoms with Crippen molar-refractivity contribution >= 4 is 0 Å². The van der Waals surface area contributed by atoms with Crippen molar-refractivity contribution in [2.75, 3.05) is 52.9 Å². The molecule has 6 heteroatoms. The van der Waals surface area contributed by atoms with Gasteiger partial charge in [-0.15, -0.1) is 0 Å². The molecule has 1 fully saturated rings. The zero-order valence-electron chi connectivity index (χ0n) is 23.9. The van der Waals surface area contributed by atoms with Crippen LogP contribution < -0.4 is 0 Å². The number of ether oxygens (including phenoxy) is 4. The van der Waals surface area contributed by atoms with Crippen LogP contribution in [0.25, 0.3) is 0 Å². The number of aromatic hydroxyl groups is 2. The van der Waals surface area contributed by atoms with Gasteiger partial charge < -0.3 is 29.2 Å². The van der Waals surface area contributed by atoms with Gasteiger partial charge in [-0.25, -0.2) is 0 Å². The Morgan fingerprint density at radius 3 is 1.70 bits per heavy atom. The Balaban J connectivity index is 1.97. The Labute approximate surface area is 226 Å². The summed E-state index contributed by atoms with van der Waals surface area (Å²) in [6, 6.07) is 4.74. The quantitative estimate of drug-likeness (QED) is 0.214. The maximum Gasteiger partial charge on any atom is 0.119 e. The molecule has 1 aromatic rings. The average molecular weight is 523 g/mol. The van der Waals surface area contributed by atoms with Gasteiger partial charge in [-0.05, 0) is 36.6 Å². The molecule has 0 unspecified atom stereocenters. The largest absolute Gasteiger partial charge is 0.508 e. The first kappa shape index (κ1) is 31.9. The monoisotopic (exact) mass is 522 g/mol. The highest BCUT2D eigenvalue weighted by Gasteiger charge is 2.32. The first-order valence-corrected chi connectivity index (χ1v) is 14.7. The molecule has 2 N–H and O–H groups in total. The standard InChI is InChI=1S/C31H54O6/c1-4-5-6-7-8-9-10-11-12-13-16-31(22-27-21-28(32)14-15-29(27)33)25-36-19-17-34-23-30(2,3)24-35-18-20-37-26-31/h14-15,21,32-33H,4-13,16-20,22-26H2,1-3H3. The molecule has 37 heavy (non-hydrogen) atoms. The van der Waals surface area contributed by atoms with Crippen molar-refractivity contribution in [3.8, 4) is 11.5 Å². The van der Waals surface area contributed by atoms with Gasteiger partial charge in [-0.2, -0.15) is 0 Å². The third-order valence-corrected chi connectivity index (χ3v) is 7.24. The third kappa shape index (κ3) is 13.9. The van der Waals surface area contributed by atoms with Gasteiger partial charge in [0.05, 0.1) is 52.9 Å². The van der Waals surface area contributed by atoms with E-state index >= 15 is 0 Å². The fourth-order valence-electron chi connectivity index (χ4n) is 5.03. The number of phenols is 2. The predicted octanol–water partition coefficient (Wildman–Crippen LogP) is 7.04. The van der Waals surface area contributed by atoms with E-state index in [0.717, 1.165) is 18.4 Å². The van der Waals surface area contributed by atoms with Crippen molar-refractivity contribution in [2.24, 2.45) is 10.8 Å². The number of unbranched alkanes of at least 4 members (excludes halogenated alkanes) is 9. The molecule has 6 nitrogen and oxygen atoms in total. The fraction of sp³-hybridized carbons (Fsp3) is 0.806. The predicted molar refractivity (Wildman–Crippen MR) is 149 cm³/mol. The van der Waals surface area contributed by atoms with Crippen LogP contribution in [0.15, 0.2) is 18.2 Å². The molecule has 0 radical (unpaired) electrons. The van der Waals surface area contributed by atoms with Gasteiger partial charge in [-0.3, -0.25) is 0 Å². The molecule has 1 saturated heterocycles. The summed E-state index contributed by atoms with van der Waals surface area (Å²) in [7, 11) is 0. The second-order valence-electron chi connectivity index (χ2n) is 11.8. The van der Waals surface area contributed by atoms with Crippen molar-refractivity contribution in [2.45, 2.75) is 97.8 Å². The summed E-state index contributed by atoms with van der Waals surface area (Å²) in [5.41, 5.74) is 0.389. The highest BCUT2D eigenvalue weighted by molar-refractivity contribution is 5.39. The molecule has 0 aliphatic carbocycles. The highest BCUT2D eigenvalue weighted by Crippen LogP contribution is 2.35. The van der Waals surface area contributed by atoms with Gasteiger partial charge in [0.1, 0.15) is 11.5 Å². The van der Waals surface area contributed by atoms with E-state index in [4.69, 9.17) is 18.9 Å². The SMILES string of the molecule is CCCCCCCCCCCCC1(Cc2cc(O)ccc2O)COCCOCC(C)(C)COCCOC1. The van der Waals surface area contributed by atoms with Crippen LogP contribution in [0.4, 0.5) is 0 Å². The Hall–Kier alpha value is -1.34. The molecular formula is C31H54O6. The zero-order valence-corrected chi connectivity index (χ0v) is 23.9. The molecular weight excluding hydrogens is 468 g/mol. The van der Waals surface area contributed by atoms with Crippen molar-refractivity contribution in [1.29, 1.82) is 0 Å². The van der Waals surface area contributed by atoms with Gasteiger partial charge >= 0.3 is 0 Å². The minimum Gasteiger partial charge on any atom is -0.508 e. The lowest BCUT2D eigenvalue weighted by molar-refractivity contribution is -0.0770. The molecule has 1 aliphatic heterocycles. The summed E-state index contributed by atoms with van der Waals surface area (Å²) in [5, 5.41) is 20.6. The lowest BCUT2D eigenvalue weighted by Crippen LogP contribution is -2.36. The van der Waals surface area contributed by atoms with E-state index < -0.39 is 0 Å². The molecule has 0 atom stereocenters. The first-order valence-electron chi connectivity index (χ1n) is 14.7. The second-order valence-corrected chi connectivity index (χ2v) is 11.8. The first-order chi connectivity index (χ1) is 17.9. The van der Waals surface area contributed by atoms with E-state index in [1.807, 2.05) is 0 Å². The van der Waals surface area contributed by atoms with Crippen LogP contribution in [0, 0.1) is 10.8 Å².